The molecular weight excluding hydrogens is 226 g/mol. The van der Waals surface area contributed by atoms with Gasteiger partial charge in [0.15, 0.2) is 0 Å². The van der Waals surface area contributed by atoms with E-state index in [2.05, 4.69) is 19.1 Å². The molecule has 0 saturated heterocycles. The first-order valence-electron chi connectivity index (χ1n) is 6.69. The number of methoxy groups -OCH3 is 1. The zero-order valence-electron chi connectivity index (χ0n) is 11.3. The van der Waals surface area contributed by atoms with Gasteiger partial charge < -0.3 is 15.2 Å². The maximum Gasteiger partial charge on any atom is 0.124 e. The maximum atomic E-state index is 5.98. The molecule has 1 aliphatic carbocycles. The van der Waals surface area contributed by atoms with Gasteiger partial charge in [-0.15, -0.1) is 0 Å². The molecule has 1 aliphatic rings. The van der Waals surface area contributed by atoms with Crippen molar-refractivity contribution in [1.82, 2.24) is 0 Å². The highest BCUT2D eigenvalue weighted by molar-refractivity contribution is 5.36. The van der Waals surface area contributed by atoms with Crippen molar-refractivity contribution in [2.24, 2.45) is 5.73 Å². The lowest BCUT2D eigenvalue weighted by Crippen LogP contribution is -2.30. The second kappa shape index (κ2) is 6.21. The van der Waals surface area contributed by atoms with Crippen LogP contribution in [0.4, 0.5) is 0 Å². The Kier molecular flexibility index (Phi) is 4.61. The van der Waals surface area contributed by atoms with E-state index < -0.39 is 0 Å². The monoisotopic (exact) mass is 249 g/mol. The minimum absolute atomic E-state index is 0.356. The fourth-order valence-corrected chi connectivity index (χ4v) is 2.48. The van der Waals surface area contributed by atoms with Crippen LogP contribution < -0.4 is 10.5 Å². The summed E-state index contributed by atoms with van der Waals surface area (Å²) in [4.78, 5) is 0. The number of benzene rings is 1. The Morgan fingerprint density at radius 1 is 1.22 bits per heavy atom. The molecule has 1 aromatic rings. The molecular formula is C15H23NO2. The Labute approximate surface area is 109 Å². The van der Waals surface area contributed by atoms with Gasteiger partial charge in [0.2, 0.25) is 0 Å². The molecule has 0 bridgehead atoms. The molecule has 18 heavy (non-hydrogen) atoms. The van der Waals surface area contributed by atoms with Gasteiger partial charge in [0.1, 0.15) is 5.75 Å². The average molecular weight is 249 g/mol. The molecule has 0 heterocycles. The molecule has 3 nitrogen and oxygen atoms in total. The second-order valence-corrected chi connectivity index (χ2v) is 5.16. The lowest BCUT2D eigenvalue weighted by molar-refractivity contribution is 0.0130. The molecule has 0 aliphatic heterocycles. The van der Waals surface area contributed by atoms with Gasteiger partial charge in [-0.3, -0.25) is 0 Å². The fourth-order valence-electron chi connectivity index (χ4n) is 2.48. The zero-order valence-corrected chi connectivity index (χ0v) is 11.3. The minimum Gasteiger partial charge on any atom is -0.496 e. The van der Waals surface area contributed by atoms with Gasteiger partial charge >= 0.3 is 0 Å². The van der Waals surface area contributed by atoms with Crippen LogP contribution in [0.2, 0.25) is 0 Å². The van der Waals surface area contributed by atoms with Crippen molar-refractivity contribution in [3.8, 4) is 5.75 Å². The first kappa shape index (κ1) is 13.4. The number of ether oxygens (including phenoxy) is 2. The molecule has 0 unspecified atom stereocenters. The molecule has 1 saturated carbocycles. The Balaban J connectivity index is 1.91. The highest BCUT2D eigenvalue weighted by Crippen LogP contribution is 2.24. The largest absolute Gasteiger partial charge is 0.496 e. The minimum atomic E-state index is 0.356. The molecule has 0 spiro atoms. The Bertz CT molecular complexity index is 384. The highest BCUT2D eigenvalue weighted by atomic mass is 16.5. The van der Waals surface area contributed by atoms with Crippen LogP contribution in [0.25, 0.3) is 0 Å². The smallest absolute Gasteiger partial charge is 0.124 e. The third-order valence-corrected chi connectivity index (χ3v) is 3.63. The van der Waals surface area contributed by atoms with E-state index in [9.17, 15) is 0 Å². The molecule has 1 aromatic carbocycles. The van der Waals surface area contributed by atoms with Crippen LogP contribution in [0.5, 0.6) is 5.75 Å². The van der Waals surface area contributed by atoms with E-state index in [0.717, 1.165) is 37.0 Å². The van der Waals surface area contributed by atoms with E-state index >= 15 is 0 Å². The Morgan fingerprint density at radius 2 is 1.94 bits per heavy atom. The van der Waals surface area contributed by atoms with E-state index in [-0.39, 0.29) is 0 Å². The average Bonchev–Trinajstić information content (AvgIpc) is 2.38. The van der Waals surface area contributed by atoms with E-state index in [4.69, 9.17) is 15.2 Å². The molecule has 1 fully saturated rings. The van der Waals surface area contributed by atoms with Gasteiger partial charge in [-0.05, 0) is 38.7 Å². The third kappa shape index (κ3) is 3.47. The van der Waals surface area contributed by atoms with Crippen LogP contribution in [-0.4, -0.2) is 19.3 Å². The summed E-state index contributed by atoms with van der Waals surface area (Å²) >= 11 is 0. The second-order valence-electron chi connectivity index (χ2n) is 5.16. The zero-order chi connectivity index (χ0) is 13.0. The maximum absolute atomic E-state index is 5.98. The van der Waals surface area contributed by atoms with Crippen molar-refractivity contribution in [1.29, 1.82) is 0 Å². The van der Waals surface area contributed by atoms with Crippen molar-refractivity contribution in [2.75, 3.05) is 7.11 Å². The number of aryl methyl sites for hydroxylation is 1. The predicted octanol–water partition coefficient (Wildman–Crippen LogP) is 2.79. The van der Waals surface area contributed by atoms with E-state index in [1.54, 1.807) is 7.11 Å². The molecule has 2 N–H and O–H groups in total. The number of nitrogens with two attached hydrogens (primary N) is 1. The summed E-state index contributed by atoms with van der Waals surface area (Å²) in [7, 11) is 1.70. The first-order valence-corrected chi connectivity index (χ1v) is 6.69. The summed E-state index contributed by atoms with van der Waals surface area (Å²) < 4.78 is 11.3. The van der Waals surface area contributed by atoms with Crippen molar-refractivity contribution < 1.29 is 9.47 Å². The molecule has 0 radical (unpaired) electrons. The highest BCUT2D eigenvalue weighted by Gasteiger charge is 2.19. The van der Waals surface area contributed by atoms with Crippen molar-refractivity contribution in [3.05, 3.63) is 29.3 Å². The summed E-state index contributed by atoms with van der Waals surface area (Å²) in [5, 5.41) is 0. The van der Waals surface area contributed by atoms with Crippen LogP contribution >= 0.6 is 0 Å². The summed E-state index contributed by atoms with van der Waals surface area (Å²) in [6, 6.07) is 6.57. The number of rotatable bonds is 4. The molecule has 2 rings (SSSR count). The fraction of sp³-hybridized carbons (Fsp3) is 0.600. The van der Waals surface area contributed by atoms with Crippen LogP contribution in [0.3, 0.4) is 0 Å². The van der Waals surface area contributed by atoms with Crippen molar-refractivity contribution in [3.63, 3.8) is 0 Å². The van der Waals surface area contributed by atoms with Crippen LogP contribution in [0.1, 0.15) is 36.8 Å². The van der Waals surface area contributed by atoms with Gasteiger partial charge in [-0.2, -0.15) is 0 Å². The van der Waals surface area contributed by atoms with Gasteiger partial charge in [0.05, 0.1) is 19.8 Å². The molecule has 3 heteroatoms. The molecule has 100 valence electrons. The number of hydrogen-bond acceptors (Lipinski definition) is 3. The van der Waals surface area contributed by atoms with Crippen molar-refractivity contribution in [2.45, 2.75) is 51.4 Å². The van der Waals surface area contributed by atoms with Gasteiger partial charge in [0.25, 0.3) is 0 Å². The first-order chi connectivity index (χ1) is 8.69. The number of hydrogen-bond donors (Lipinski definition) is 1. The summed E-state index contributed by atoms with van der Waals surface area (Å²) in [5.74, 6) is 0.910. The summed E-state index contributed by atoms with van der Waals surface area (Å²) in [6.07, 6.45) is 4.67. The van der Waals surface area contributed by atoms with Gasteiger partial charge in [-0.25, -0.2) is 0 Å². The Hall–Kier alpha value is -1.06. The lowest BCUT2D eigenvalue weighted by atomic mass is 9.94. The normalized spacial score (nSPS) is 23.9. The third-order valence-electron chi connectivity index (χ3n) is 3.63. The van der Waals surface area contributed by atoms with Crippen LogP contribution in [-0.2, 0) is 11.3 Å². The van der Waals surface area contributed by atoms with E-state index in [1.165, 1.54) is 5.56 Å². The van der Waals surface area contributed by atoms with Crippen LogP contribution in [0, 0.1) is 6.92 Å². The lowest BCUT2D eigenvalue weighted by Gasteiger charge is -2.26. The van der Waals surface area contributed by atoms with Gasteiger partial charge in [-0.1, -0.05) is 17.7 Å². The topological polar surface area (TPSA) is 44.5 Å². The van der Waals surface area contributed by atoms with E-state index in [1.807, 2.05) is 6.07 Å². The SMILES string of the molecule is COc1ccc(C)cc1COC1CCC(N)CC1. The molecule has 0 aromatic heterocycles. The molecule has 0 atom stereocenters. The summed E-state index contributed by atoms with van der Waals surface area (Å²) in [6.45, 7) is 2.72. The quantitative estimate of drug-likeness (QED) is 0.892. The van der Waals surface area contributed by atoms with Crippen LogP contribution in [0.15, 0.2) is 18.2 Å². The van der Waals surface area contributed by atoms with Crippen molar-refractivity contribution >= 4 is 0 Å². The molecule has 0 amide bonds. The Morgan fingerprint density at radius 3 is 2.61 bits per heavy atom. The predicted molar refractivity (Wildman–Crippen MR) is 72.8 cm³/mol. The summed E-state index contributed by atoms with van der Waals surface area (Å²) in [5.41, 5.74) is 8.26. The van der Waals surface area contributed by atoms with E-state index in [0.29, 0.717) is 18.8 Å². The standard InChI is InChI=1S/C15H23NO2/c1-11-3-8-15(17-2)12(9-11)10-18-14-6-4-13(16)5-7-14/h3,8-9,13-14H,4-7,10,16H2,1-2H3. The van der Waals surface area contributed by atoms with Gasteiger partial charge in [0, 0.05) is 11.6 Å².